The third-order valence-electron chi connectivity index (χ3n) is 6.02. The van der Waals surface area contributed by atoms with Gasteiger partial charge in [-0.2, -0.15) is 0 Å². The van der Waals surface area contributed by atoms with Crippen LogP contribution in [0.3, 0.4) is 0 Å². The van der Waals surface area contributed by atoms with Crippen LogP contribution in [0.1, 0.15) is 43.5 Å². The molecule has 0 aliphatic carbocycles. The minimum absolute atomic E-state index is 0.0288. The summed E-state index contributed by atoms with van der Waals surface area (Å²) in [4.78, 5) is 31.7. The third kappa shape index (κ3) is 4.39. The highest BCUT2D eigenvalue weighted by molar-refractivity contribution is 7.10. The van der Waals surface area contributed by atoms with Crippen LogP contribution in [0.15, 0.2) is 72.6 Å². The zero-order chi connectivity index (χ0) is 22.7. The summed E-state index contributed by atoms with van der Waals surface area (Å²) in [6, 6.07) is 17.9. The van der Waals surface area contributed by atoms with Crippen molar-refractivity contribution >= 4 is 23.2 Å². The number of benzene rings is 2. The fourth-order valence-corrected chi connectivity index (χ4v) is 5.21. The molecule has 32 heavy (non-hydrogen) atoms. The highest BCUT2D eigenvalue weighted by Gasteiger charge is 2.34. The van der Waals surface area contributed by atoms with Gasteiger partial charge in [-0.25, -0.2) is 0 Å². The van der Waals surface area contributed by atoms with E-state index in [1.54, 1.807) is 22.3 Å². The number of thiophene rings is 1. The number of hydrogen-bond acceptors (Lipinski definition) is 3. The predicted molar refractivity (Wildman–Crippen MR) is 130 cm³/mol. The van der Waals surface area contributed by atoms with Gasteiger partial charge >= 0.3 is 0 Å². The maximum Gasteiger partial charge on any atom is 0.254 e. The lowest BCUT2D eigenvalue weighted by Crippen LogP contribution is -2.46. The number of aryl methyl sites for hydroxylation is 2. The van der Waals surface area contributed by atoms with E-state index in [1.165, 1.54) is 16.0 Å². The molecule has 4 rings (SSSR count). The van der Waals surface area contributed by atoms with Crippen molar-refractivity contribution in [1.29, 1.82) is 0 Å². The molecular formula is C27H28N2O2S. The Hall–Kier alpha value is -3.18. The van der Waals surface area contributed by atoms with Crippen LogP contribution in [0.4, 0.5) is 0 Å². The lowest BCUT2D eigenvalue weighted by Gasteiger charge is -2.37. The summed E-state index contributed by atoms with van der Waals surface area (Å²) in [6.45, 7) is 8.77. The zero-order valence-electron chi connectivity index (χ0n) is 18.6. The van der Waals surface area contributed by atoms with Crippen molar-refractivity contribution in [2.45, 2.75) is 26.3 Å². The lowest BCUT2D eigenvalue weighted by molar-refractivity contribution is -0.133. The molecule has 0 radical (unpaired) electrons. The van der Waals surface area contributed by atoms with E-state index in [0.717, 1.165) is 17.5 Å². The minimum Gasteiger partial charge on any atom is -0.330 e. The molecule has 2 amide bonds. The van der Waals surface area contributed by atoms with Crippen molar-refractivity contribution in [1.82, 2.24) is 9.80 Å². The highest BCUT2D eigenvalue weighted by Crippen LogP contribution is 2.38. The molecule has 164 valence electrons. The van der Waals surface area contributed by atoms with E-state index in [2.05, 4.69) is 49.2 Å². The molecule has 1 aliphatic rings. The molecule has 0 bridgehead atoms. The summed E-state index contributed by atoms with van der Waals surface area (Å²) in [6.07, 6.45) is 2.52. The SMILES string of the molecule is C=CCN(CC(=O)N1CCc2sccc2C1c1ccc(C)cc1)C(=O)c1ccccc1C. The van der Waals surface area contributed by atoms with E-state index < -0.39 is 0 Å². The first kappa shape index (κ1) is 22.0. The summed E-state index contributed by atoms with van der Waals surface area (Å²) in [5, 5.41) is 2.10. The van der Waals surface area contributed by atoms with Gasteiger partial charge in [0.25, 0.3) is 5.91 Å². The molecule has 1 atom stereocenters. The average molecular weight is 445 g/mol. The largest absolute Gasteiger partial charge is 0.330 e. The fraction of sp³-hybridized carbons (Fsp3) is 0.259. The van der Waals surface area contributed by atoms with Crippen LogP contribution in [0.2, 0.25) is 0 Å². The molecular weight excluding hydrogens is 416 g/mol. The first-order valence-electron chi connectivity index (χ1n) is 10.9. The molecule has 0 spiro atoms. The molecule has 0 fully saturated rings. The second-order valence-electron chi connectivity index (χ2n) is 8.24. The number of nitrogens with zero attached hydrogens (tertiary/aromatic N) is 2. The van der Waals surface area contributed by atoms with E-state index in [0.29, 0.717) is 18.7 Å². The van der Waals surface area contributed by atoms with E-state index in [4.69, 9.17) is 0 Å². The van der Waals surface area contributed by atoms with Crippen LogP contribution in [-0.4, -0.2) is 41.2 Å². The van der Waals surface area contributed by atoms with Gasteiger partial charge in [0.2, 0.25) is 5.91 Å². The Morgan fingerprint density at radius 1 is 1.12 bits per heavy atom. The second kappa shape index (κ2) is 9.53. The summed E-state index contributed by atoms with van der Waals surface area (Å²) in [5.74, 6) is -0.187. The van der Waals surface area contributed by atoms with Crippen LogP contribution < -0.4 is 0 Å². The Balaban J connectivity index is 1.62. The topological polar surface area (TPSA) is 40.6 Å². The Kier molecular flexibility index (Phi) is 6.56. The van der Waals surface area contributed by atoms with E-state index in [9.17, 15) is 9.59 Å². The summed E-state index contributed by atoms with van der Waals surface area (Å²) in [7, 11) is 0. The maximum atomic E-state index is 13.6. The Labute approximate surface area is 193 Å². The number of carbonyl (C=O) groups is 2. The van der Waals surface area contributed by atoms with Gasteiger partial charge in [-0.3, -0.25) is 9.59 Å². The summed E-state index contributed by atoms with van der Waals surface area (Å²) in [5.41, 5.74) is 5.00. The summed E-state index contributed by atoms with van der Waals surface area (Å²) >= 11 is 1.75. The summed E-state index contributed by atoms with van der Waals surface area (Å²) < 4.78 is 0. The van der Waals surface area contributed by atoms with Gasteiger partial charge in [-0.1, -0.05) is 54.1 Å². The van der Waals surface area contributed by atoms with Crippen LogP contribution in [0.5, 0.6) is 0 Å². The Bertz CT molecular complexity index is 1130. The first-order valence-corrected chi connectivity index (χ1v) is 11.8. The molecule has 0 saturated carbocycles. The van der Waals surface area contributed by atoms with Gasteiger partial charge in [0.15, 0.2) is 0 Å². The van der Waals surface area contributed by atoms with Crippen molar-refractivity contribution in [3.8, 4) is 0 Å². The monoisotopic (exact) mass is 444 g/mol. The fourth-order valence-electron chi connectivity index (χ4n) is 4.31. The molecule has 2 aromatic carbocycles. The zero-order valence-corrected chi connectivity index (χ0v) is 19.4. The number of amides is 2. The first-order chi connectivity index (χ1) is 15.5. The van der Waals surface area contributed by atoms with Crippen LogP contribution in [-0.2, 0) is 11.2 Å². The van der Waals surface area contributed by atoms with Gasteiger partial charge in [-0.15, -0.1) is 17.9 Å². The van der Waals surface area contributed by atoms with Gasteiger partial charge < -0.3 is 9.80 Å². The maximum absolute atomic E-state index is 13.6. The van der Waals surface area contributed by atoms with Crippen molar-refractivity contribution in [3.63, 3.8) is 0 Å². The Morgan fingerprint density at radius 3 is 2.59 bits per heavy atom. The molecule has 1 unspecified atom stereocenters. The second-order valence-corrected chi connectivity index (χ2v) is 9.24. The number of carbonyl (C=O) groups excluding carboxylic acids is 2. The van der Waals surface area contributed by atoms with Gasteiger partial charge in [0.05, 0.1) is 6.04 Å². The quantitative estimate of drug-likeness (QED) is 0.492. The van der Waals surface area contributed by atoms with E-state index >= 15 is 0 Å². The van der Waals surface area contributed by atoms with Crippen molar-refractivity contribution < 1.29 is 9.59 Å². The normalized spacial score (nSPS) is 15.2. The molecule has 4 nitrogen and oxygen atoms in total. The molecule has 0 N–H and O–H groups in total. The molecule has 5 heteroatoms. The van der Waals surface area contributed by atoms with Gasteiger partial charge in [0, 0.05) is 23.5 Å². The molecule has 0 saturated heterocycles. The third-order valence-corrected chi connectivity index (χ3v) is 7.01. The molecule has 3 aromatic rings. The lowest BCUT2D eigenvalue weighted by atomic mass is 9.92. The number of fused-ring (bicyclic) bond motifs is 1. The van der Waals surface area contributed by atoms with Crippen molar-refractivity contribution in [2.75, 3.05) is 19.6 Å². The smallest absolute Gasteiger partial charge is 0.254 e. The Morgan fingerprint density at radius 2 is 1.88 bits per heavy atom. The minimum atomic E-state index is -0.142. The number of hydrogen-bond donors (Lipinski definition) is 0. The van der Waals surface area contributed by atoms with Crippen LogP contribution in [0.25, 0.3) is 0 Å². The van der Waals surface area contributed by atoms with Crippen LogP contribution >= 0.6 is 11.3 Å². The predicted octanol–water partition coefficient (Wildman–Crippen LogP) is 5.17. The molecule has 2 heterocycles. The highest BCUT2D eigenvalue weighted by atomic mass is 32.1. The number of rotatable bonds is 6. The van der Waals surface area contributed by atoms with Crippen LogP contribution in [0, 0.1) is 13.8 Å². The molecule has 1 aliphatic heterocycles. The average Bonchev–Trinajstić information content (AvgIpc) is 3.27. The van der Waals surface area contributed by atoms with Gasteiger partial charge in [-0.05, 0) is 54.5 Å². The van der Waals surface area contributed by atoms with E-state index in [1.807, 2.05) is 36.1 Å². The van der Waals surface area contributed by atoms with Crippen molar-refractivity contribution in [3.05, 3.63) is 105 Å². The van der Waals surface area contributed by atoms with Crippen molar-refractivity contribution in [2.24, 2.45) is 0 Å². The standard InChI is InChI=1S/C27H28N2O2S/c1-4-15-28(27(31)22-8-6-5-7-20(22)3)18-25(30)29-16-13-24-23(14-17-32-24)26(29)21-11-9-19(2)10-12-21/h4-12,14,17,26H,1,13,15-16,18H2,2-3H3. The van der Waals surface area contributed by atoms with Gasteiger partial charge in [0.1, 0.15) is 6.54 Å². The molecule has 1 aromatic heterocycles. The van der Waals surface area contributed by atoms with E-state index in [-0.39, 0.29) is 24.4 Å².